The third-order valence-electron chi connectivity index (χ3n) is 5.03. The minimum absolute atomic E-state index is 0.0978. The van der Waals surface area contributed by atoms with E-state index in [0.717, 1.165) is 32.5 Å². The largest absolute Gasteiger partial charge is 0.354 e. The molecule has 0 saturated heterocycles. The fourth-order valence-electron chi connectivity index (χ4n) is 3.48. The number of nitrogens with one attached hydrogen (secondary N) is 1. The summed E-state index contributed by atoms with van der Waals surface area (Å²) in [4.78, 5) is 15.9. The Kier molecular flexibility index (Phi) is 6.05. The van der Waals surface area contributed by atoms with Crippen LogP contribution in [0, 0.1) is 0 Å². The third-order valence-corrected chi connectivity index (χ3v) is 5.90. The Bertz CT molecular complexity index is 677. The molecule has 1 N–H and O–H groups in total. The summed E-state index contributed by atoms with van der Waals surface area (Å²) in [5.74, 6) is 0.0978. The highest BCUT2D eigenvalue weighted by molar-refractivity contribution is 7.09. The van der Waals surface area contributed by atoms with Gasteiger partial charge in [0.25, 0.3) is 0 Å². The lowest BCUT2D eigenvalue weighted by Gasteiger charge is -2.42. The van der Waals surface area contributed by atoms with E-state index in [1.165, 1.54) is 16.9 Å². The zero-order chi connectivity index (χ0) is 17.5. The number of nitrogens with zero attached hydrogens (tertiary/aromatic N) is 1. The average Bonchev–Trinajstić information content (AvgIpc) is 3.08. The van der Waals surface area contributed by atoms with E-state index >= 15 is 0 Å². The highest BCUT2D eigenvalue weighted by atomic mass is 32.1. The van der Waals surface area contributed by atoms with Gasteiger partial charge in [-0.3, -0.25) is 9.69 Å². The molecular formula is C21H26N2OS. The summed E-state index contributed by atoms with van der Waals surface area (Å²) in [6, 6.07) is 14.8. The molecule has 0 bridgehead atoms. The van der Waals surface area contributed by atoms with Gasteiger partial charge < -0.3 is 5.32 Å². The van der Waals surface area contributed by atoms with Crippen LogP contribution < -0.4 is 5.32 Å². The van der Waals surface area contributed by atoms with Gasteiger partial charge in [-0.1, -0.05) is 48.9 Å². The van der Waals surface area contributed by atoms with Crippen molar-refractivity contribution in [1.29, 1.82) is 0 Å². The van der Waals surface area contributed by atoms with Crippen LogP contribution in [-0.2, 0) is 16.8 Å². The van der Waals surface area contributed by atoms with Crippen molar-refractivity contribution in [2.75, 3.05) is 19.6 Å². The van der Waals surface area contributed by atoms with Gasteiger partial charge in [-0.25, -0.2) is 0 Å². The first-order chi connectivity index (χ1) is 12.2. The number of rotatable bonds is 9. The minimum atomic E-state index is 0.0978. The van der Waals surface area contributed by atoms with Crippen molar-refractivity contribution >= 4 is 17.2 Å². The fraction of sp³-hybridized carbons (Fsp3) is 0.381. The summed E-state index contributed by atoms with van der Waals surface area (Å²) < 4.78 is 0. The highest BCUT2D eigenvalue weighted by Crippen LogP contribution is 2.43. The van der Waals surface area contributed by atoms with Crippen molar-refractivity contribution in [2.24, 2.45) is 0 Å². The molecule has 1 fully saturated rings. The van der Waals surface area contributed by atoms with Crippen molar-refractivity contribution in [2.45, 2.75) is 31.2 Å². The number of carbonyl (C=O) groups is 1. The maximum atomic E-state index is 12.5. The van der Waals surface area contributed by atoms with E-state index in [-0.39, 0.29) is 11.3 Å². The number of thiophene rings is 1. The van der Waals surface area contributed by atoms with Gasteiger partial charge in [-0.2, -0.15) is 0 Å². The minimum Gasteiger partial charge on any atom is -0.354 e. The average molecular weight is 355 g/mol. The molecule has 0 spiro atoms. The summed E-state index contributed by atoms with van der Waals surface area (Å²) in [6.07, 6.45) is 5.41. The quantitative estimate of drug-likeness (QED) is 0.691. The Morgan fingerprint density at radius 2 is 2.04 bits per heavy atom. The second-order valence-corrected chi connectivity index (χ2v) is 7.85. The number of hydrogen-bond acceptors (Lipinski definition) is 3. The lowest BCUT2D eigenvalue weighted by atomic mass is 9.64. The number of carbonyl (C=O) groups excluding carboxylic acids is 1. The predicted molar refractivity (Wildman–Crippen MR) is 105 cm³/mol. The van der Waals surface area contributed by atoms with Crippen molar-refractivity contribution in [3.8, 4) is 0 Å². The monoisotopic (exact) mass is 354 g/mol. The van der Waals surface area contributed by atoms with Crippen molar-refractivity contribution in [3.63, 3.8) is 0 Å². The summed E-state index contributed by atoms with van der Waals surface area (Å²) in [5, 5.41) is 5.25. The molecule has 0 atom stereocenters. The molecule has 132 valence electrons. The summed E-state index contributed by atoms with van der Waals surface area (Å²) in [6.45, 7) is 6.47. The van der Waals surface area contributed by atoms with Crippen LogP contribution in [0.15, 0.2) is 60.5 Å². The molecule has 1 aliphatic rings. The van der Waals surface area contributed by atoms with Crippen molar-refractivity contribution < 1.29 is 4.79 Å². The van der Waals surface area contributed by atoms with Crippen molar-refractivity contribution in [1.82, 2.24) is 10.2 Å². The molecule has 1 saturated carbocycles. The molecule has 3 rings (SSSR count). The normalized spacial score (nSPS) is 15.6. The zero-order valence-corrected chi connectivity index (χ0v) is 15.4. The Labute approximate surface area is 154 Å². The molecule has 1 aliphatic carbocycles. The zero-order valence-electron chi connectivity index (χ0n) is 14.6. The summed E-state index contributed by atoms with van der Waals surface area (Å²) in [5.41, 5.74) is 1.48. The SMILES string of the molecule is C=CCN(CC(=O)NCC1(c2ccccc2)CCC1)Cc1cccs1. The van der Waals surface area contributed by atoms with Gasteiger partial charge in [0.2, 0.25) is 5.91 Å². The van der Waals surface area contributed by atoms with E-state index in [1.54, 1.807) is 11.3 Å². The van der Waals surface area contributed by atoms with Crippen LogP contribution in [0.25, 0.3) is 0 Å². The second kappa shape index (κ2) is 8.45. The first kappa shape index (κ1) is 17.9. The predicted octanol–water partition coefficient (Wildman–Crippen LogP) is 3.97. The van der Waals surface area contributed by atoms with Crippen LogP contribution in [0.5, 0.6) is 0 Å². The molecular weight excluding hydrogens is 328 g/mol. The second-order valence-electron chi connectivity index (χ2n) is 6.81. The number of benzene rings is 1. The van der Waals surface area contributed by atoms with Gasteiger partial charge in [0, 0.05) is 29.9 Å². The highest BCUT2D eigenvalue weighted by Gasteiger charge is 2.38. The van der Waals surface area contributed by atoms with E-state index in [2.05, 4.69) is 52.5 Å². The van der Waals surface area contributed by atoms with E-state index in [9.17, 15) is 4.79 Å². The maximum Gasteiger partial charge on any atom is 0.234 e. The lowest BCUT2D eigenvalue weighted by molar-refractivity contribution is -0.122. The van der Waals surface area contributed by atoms with E-state index in [4.69, 9.17) is 0 Å². The molecule has 1 amide bonds. The Morgan fingerprint density at radius 3 is 2.64 bits per heavy atom. The molecule has 1 heterocycles. The van der Waals surface area contributed by atoms with Crippen LogP contribution in [0.2, 0.25) is 0 Å². The van der Waals surface area contributed by atoms with Gasteiger partial charge in [0.1, 0.15) is 0 Å². The van der Waals surface area contributed by atoms with E-state index < -0.39 is 0 Å². The van der Waals surface area contributed by atoms with E-state index in [1.807, 2.05) is 18.2 Å². The Morgan fingerprint density at radius 1 is 1.24 bits per heavy atom. The first-order valence-electron chi connectivity index (χ1n) is 8.90. The van der Waals surface area contributed by atoms with Crippen molar-refractivity contribution in [3.05, 3.63) is 70.9 Å². The molecule has 25 heavy (non-hydrogen) atoms. The summed E-state index contributed by atoms with van der Waals surface area (Å²) in [7, 11) is 0. The van der Waals surface area contributed by atoms with Crippen LogP contribution in [0.1, 0.15) is 29.7 Å². The van der Waals surface area contributed by atoms with Crippen LogP contribution in [0.3, 0.4) is 0 Å². The maximum absolute atomic E-state index is 12.5. The number of amides is 1. The lowest BCUT2D eigenvalue weighted by Crippen LogP contribution is -2.47. The molecule has 2 aromatic rings. The van der Waals surface area contributed by atoms with Gasteiger partial charge in [0.05, 0.1) is 6.54 Å². The standard InChI is InChI=1S/C21H26N2OS/c1-2-13-23(15-19-10-6-14-25-19)16-20(24)22-17-21(11-7-12-21)18-8-4-3-5-9-18/h2-6,8-10,14H,1,7,11-13,15-17H2,(H,22,24). The fourth-order valence-corrected chi connectivity index (χ4v) is 4.23. The van der Waals surface area contributed by atoms with Crippen LogP contribution >= 0.6 is 11.3 Å². The van der Waals surface area contributed by atoms with Crippen LogP contribution in [0.4, 0.5) is 0 Å². The molecule has 1 aromatic carbocycles. The smallest absolute Gasteiger partial charge is 0.234 e. The summed E-state index contributed by atoms with van der Waals surface area (Å²) >= 11 is 1.72. The molecule has 3 nitrogen and oxygen atoms in total. The first-order valence-corrected chi connectivity index (χ1v) is 9.78. The molecule has 1 aromatic heterocycles. The topological polar surface area (TPSA) is 32.3 Å². The van der Waals surface area contributed by atoms with Gasteiger partial charge in [0.15, 0.2) is 0 Å². The van der Waals surface area contributed by atoms with Gasteiger partial charge >= 0.3 is 0 Å². The molecule has 4 heteroatoms. The Balaban J connectivity index is 1.55. The molecule has 0 radical (unpaired) electrons. The molecule has 0 unspecified atom stereocenters. The van der Waals surface area contributed by atoms with Gasteiger partial charge in [-0.05, 0) is 29.9 Å². The number of hydrogen-bond donors (Lipinski definition) is 1. The van der Waals surface area contributed by atoms with E-state index in [0.29, 0.717) is 6.54 Å². The molecule has 0 aliphatic heterocycles. The van der Waals surface area contributed by atoms with Gasteiger partial charge in [-0.15, -0.1) is 17.9 Å². The van der Waals surface area contributed by atoms with Crippen LogP contribution in [-0.4, -0.2) is 30.4 Å². The third kappa shape index (κ3) is 4.59. The Hall–Kier alpha value is -1.91.